The van der Waals surface area contributed by atoms with Gasteiger partial charge in [0.2, 0.25) is 5.91 Å². The van der Waals surface area contributed by atoms with Crippen molar-refractivity contribution in [1.82, 2.24) is 20.3 Å². The number of rotatable bonds is 10. The van der Waals surface area contributed by atoms with Gasteiger partial charge < -0.3 is 15.6 Å². The Morgan fingerprint density at radius 1 is 1.00 bits per heavy atom. The topological polar surface area (TPSA) is 134 Å². The van der Waals surface area contributed by atoms with Crippen LogP contribution in [0.3, 0.4) is 0 Å². The van der Waals surface area contributed by atoms with Crippen molar-refractivity contribution >= 4 is 44.1 Å². The Bertz CT molecular complexity index is 1530. The molecule has 0 atom stereocenters. The van der Waals surface area contributed by atoms with Crippen molar-refractivity contribution in [2.24, 2.45) is 0 Å². The molecule has 2 aromatic heterocycles. The number of H-pyrrole nitrogens is 1. The molecule has 3 N–H and O–H groups in total. The number of aromatic nitrogens is 3. The van der Waals surface area contributed by atoms with Crippen LogP contribution in [0.15, 0.2) is 65.7 Å². The number of nitrogens with zero attached hydrogens (tertiary/aromatic N) is 2. The first kappa shape index (κ1) is 25.1. The lowest BCUT2D eigenvalue weighted by Crippen LogP contribution is -2.28. The van der Waals surface area contributed by atoms with E-state index in [1.807, 2.05) is 30.3 Å². The van der Waals surface area contributed by atoms with Crippen molar-refractivity contribution in [3.8, 4) is 0 Å². The highest BCUT2D eigenvalue weighted by molar-refractivity contribution is 7.91. The fourth-order valence-electron chi connectivity index (χ4n) is 3.83. The second-order valence-corrected chi connectivity index (χ2v) is 10.6. The summed E-state index contributed by atoms with van der Waals surface area (Å²) >= 11 is 0. The van der Waals surface area contributed by atoms with Crippen molar-refractivity contribution < 1.29 is 18.0 Å². The average Bonchev–Trinajstić information content (AvgIpc) is 3.32. The number of benzene rings is 2. The van der Waals surface area contributed by atoms with Crippen LogP contribution in [0.1, 0.15) is 30.8 Å². The van der Waals surface area contributed by atoms with E-state index in [4.69, 9.17) is 0 Å². The number of hydrogen-bond donors (Lipinski definition) is 3. The predicted molar refractivity (Wildman–Crippen MR) is 138 cm³/mol. The van der Waals surface area contributed by atoms with Gasteiger partial charge in [0.15, 0.2) is 21.4 Å². The largest absolute Gasteiger partial charge is 0.357 e. The number of anilines is 2. The molecule has 2 aromatic carbocycles. The summed E-state index contributed by atoms with van der Waals surface area (Å²) in [6, 6.07) is 16.2. The second kappa shape index (κ2) is 10.7. The summed E-state index contributed by atoms with van der Waals surface area (Å²) < 4.78 is 25.2. The molecule has 9 nitrogen and oxygen atoms in total. The van der Waals surface area contributed by atoms with Crippen LogP contribution in [0.25, 0.3) is 11.0 Å². The van der Waals surface area contributed by atoms with Gasteiger partial charge >= 0.3 is 0 Å². The molecule has 186 valence electrons. The Balaban J connectivity index is 1.60. The van der Waals surface area contributed by atoms with Gasteiger partial charge in [-0.05, 0) is 29.3 Å². The predicted octanol–water partition coefficient (Wildman–Crippen LogP) is 3.33. The molecule has 1 amide bonds. The van der Waals surface area contributed by atoms with E-state index in [0.717, 1.165) is 11.1 Å². The molecule has 0 unspecified atom stereocenters. The zero-order valence-corrected chi connectivity index (χ0v) is 20.9. The van der Waals surface area contributed by atoms with Crippen LogP contribution in [0, 0.1) is 0 Å². The quantitative estimate of drug-likeness (QED) is 0.301. The van der Waals surface area contributed by atoms with E-state index in [2.05, 4.69) is 25.6 Å². The molecule has 0 aliphatic rings. The number of amides is 1. The van der Waals surface area contributed by atoms with Crippen molar-refractivity contribution in [3.63, 3.8) is 0 Å². The van der Waals surface area contributed by atoms with Gasteiger partial charge in [0.05, 0.1) is 28.4 Å². The Morgan fingerprint density at radius 2 is 1.78 bits per heavy atom. The minimum absolute atomic E-state index is 0.00289. The normalized spacial score (nSPS) is 11.4. The first-order valence-electron chi connectivity index (χ1n) is 11.5. The zero-order valence-electron chi connectivity index (χ0n) is 20.0. The molecule has 0 radical (unpaired) electrons. The summed E-state index contributed by atoms with van der Waals surface area (Å²) in [5, 5.41) is 5.71. The van der Waals surface area contributed by atoms with Crippen molar-refractivity contribution in [3.05, 3.63) is 77.7 Å². The Kier molecular flexibility index (Phi) is 7.44. The summed E-state index contributed by atoms with van der Waals surface area (Å²) in [4.78, 5) is 35.9. The zero-order chi connectivity index (χ0) is 25.7. The fourth-order valence-corrected chi connectivity index (χ4v) is 4.88. The van der Waals surface area contributed by atoms with Crippen LogP contribution in [-0.2, 0) is 32.3 Å². The highest BCUT2D eigenvalue weighted by Crippen LogP contribution is 2.28. The molecule has 0 saturated heterocycles. The SMILES string of the molecule is CCS(=O)(=O)c1ccccc1Nc1nc(Cc2cccc(CC(=O)CNC(C)=O)c2)nc2cc[nH]c12. The lowest BCUT2D eigenvalue weighted by atomic mass is 10.0. The monoisotopic (exact) mass is 505 g/mol. The Morgan fingerprint density at radius 3 is 2.56 bits per heavy atom. The fraction of sp³-hybridized carbons (Fsp3) is 0.231. The summed E-state index contributed by atoms with van der Waals surface area (Å²) in [6.07, 6.45) is 2.38. The number of Topliss-reactive ketones (excluding diaryl/α,β-unsaturated/α-hetero) is 1. The molecular formula is C26H27N5O4S. The van der Waals surface area contributed by atoms with Crippen LogP contribution < -0.4 is 10.6 Å². The number of para-hydroxylation sites is 1. The number of ketones is 1. The molecule has 2 heterocycles. The molecule has 0 bridgehead atoms. The maximum Gasteiger partial charge on any atom is 0.217 e. The third-order valence-corrected chi connectivity index (χ3v) is 7.38. The number of hydrogen-bond acceptors (Lipinski definition) is 7. The van der Waals surface area contributed by atoms with Crippen LogP contribution in [-0.4, -0.2) is 47.4 Å². The molecule has 10 heteroatoms. The third-order valence-electron chi connectivity index (χ3n) is 5.60. The molecule has 0 spiro atoms. The lowest BCUT2D eigenvalue weighted by Gasteiger charge is -2.13. The van der Waals surface area contributed by atoms with Gasteiger partial charge in [0.1, 0.15) is 11.3 Å². The van der Waals surface area contributed by atoms with Crippen LogP contribution in [0.5, 0.6) is 0 Å². The molecule has 0 aliphatic heterocycles. The number of carbonyl (C=O) groups excluding carboxylic acids is 2. The van der Waals surface area contributed by atoms with E-state index in [0.29, 0.717) is 34.8 Å². The van der Waals surface area contributed by atoms with Crippen molar-refractivity contribution in [2.75, 3.05) is 17.6 Å². The molecule has 4 rings (SSSR count). The van der Waals surface area contributed by atoms with Crippen molar-refractivity contribution in [2.45, 2.75) is 31.6 Å². The molecule has 0 aliphatic carbocycles. The van der Waals surface area contributed by atoms with Gasteiger partial charge in [-0.1, -0.05) is 43.3 Å². The summed E-state index contributed by atoms with van der Waals surface area (Å²) in [5.74, 6) is 0.679. The first-order chi connectivity index (χ1) is 17.2. The van der Waals surface area contributed by atoms with E-state index < -0.39 is 9.84 Å². The second-order valence-electron chi connectivity index (χ2n) is 8.37. The van der Waals surface area contributed by atoms with E-state index in [1.54, 1.807) is 37.4 Å². The van der Waals surface area contributed by atoms with Gasteiger partial charge in [-0.2, -0.15) is 0 Å². The maximum atomic E-state index is 12.6. The summed E-state index contributed by atoms with van der Waals surface area (Å²) in [7, 11) is -3.44. The molecule has 0 fully saturated rings. The smallest absolute Gasteiger partial charge is 0.217 e. The van der Waals surface area contributed by atoms with Gasteiger partial charge in [0, 0.05) is 26.0 Å². The van der Waals surface area contributed by atoms with Gasteiger partial charge in [-0.15, -0.1) is 0 Å². The van der Waals surface area contributed by atoms with Crippen molar-refractivity contribution in [1.29, 1.82) is 0 Å². The van der Waals surface area contributed by atoms with Gasteiger partial charge in [0.25, 0.3) is 0 Å². The first-order valence-corrected chi connectivity index (χ1v) is 13.2. The van der Waals surface area contributed by atoms with E-state index >= 15 is 0 Å². The van der Waals surface area contributed by atoms with E-state index in [1.165, 1.54) is 6.92 Å². The number of sulfone groups is 1. The average molecular weight is 506 g/mol. The van der Waals surface area contributed by atoms with Crippen LogP contribution in [0.2, 0.25) is 0 Å². The van der Waals surface area contributed by atoms with E-state index in [-0.39, 0.29) is 35.3 Å². The number of carbonyl (C=O) groups is 2. The Labute approximate surface area is 209 Å². The standard InChI is InChI=1S/C26H27N5O4S/c1-3-36(34,35)23-10-5-4-9-21(23)30-26-25-22(11-12-27-25)29-24(31-26)15-19-8-6-7-18(13-19)14-20(33)16-28-17(2)32/h4-13,27H,3,14-16H2,1-2H3,(H,28,32)(H,29,30,31). The summed E-state index contributed by atoms with van der Waals surface area (Å²) in [5.41, 5.74) is 3.57. The minimum Gasteiger partial charge on any atom is -0.357 e. The third kappa shape index (κ3) is 5.95. The molecule has 4 aromatic rings. The van der Waals surface area contributed by atoms with Crippen LogP contribution >= 0.6 is 0 Å². The van der Waals surface area contributed by atoms with Gasteiger partial charge in [-0.25, -0.2) is 18.4 Å². The Hall–Kier alpha value is -4.05. The highest BCUT2D eigenvalue weighted by atomic mass is 32.2. The lowest BCUT2D eigenvalue weighted by molar-refractivity contribution is -0.123. The highest BCUT2D eigenvalue weighted by Gasteiger charge is 2.18. The van der Waals surface area contributed by atoms with Gasteiger partial charge in [-0.3, -0.25) is 9.59 Å². The number of aromatic amines is 1. The molecule has 36 heavy (non-hydrogen) atoms. The number of fused-ring (bicyclic) bond motifs is 1. The maximum absolute atomic E-state index is 12.6. The van der Waals surface area contributed by atoms with E-state index in [9.17, 15) is 18.0 Å². The van der Waals surface area contributed by atoms with Crippen LogP contribution in [0.4, 0.5) is 11.5 Å². The molecule has 0 saturated carbocycles. The molecular weight excluding hydrogens is 478 g/mol. The number of nitrogens with one attached hydrogen (secondary N) is 3. The minimum atomic E-state index is -3.44. The summed E-state index contributed by atoms with van der Waals surface area (Å²) in [6.45, 7) is 2.98.